The SMILES string of the molecule is CC(CCO)Nc1cc(C(=O)O)cc(C(C)(C)C)n1. The van der Waals surface area contributed by atoms with Crippen molar-refractivity contribution in [2.45, 2.75) is 45.6 Å². The minimum Gasteiger partial charge on any atom is -0.478 e. The van der Waals surface area contributed by atoms with Crippen molar-refractivity contribution in [3.8, 4) is 0 Å². The molecular formula is C14H22N2O3. The predicted molar refractivity (Wildman–Crippen MR) is 74.7 cm³/mol. The van der Waals surface area contributed by atoms with Crippen molar-refractivity contribution < 1.29 is 15.0 Å². The largest absolute Gasteiger partial charge is 0.478 e. The molecule has 0 saturated heterocycles. The molecule has 3 N–H and O–H groups in total. The predicted octanol–water partition coefficient (Wildman–Crippen LogP) is 2.26. The first-order valence-corrected chi connectivity index (χ1v) is 6.37. The van der Waals surface area contributed by atoms with Gasteiger partial charge in [0.1, 0.15) is 5.82 Å². The van der Waals surface area contributed by atoms with Gasteiger partial charge in [0, 0.05) is 23.8 Å². The second kappa shape index (κ2) is 6.02. The third-order valence-electron chi connectivity index (χ3n) is 2.80. The first kappa shape index (κ1) is 15.4. The standard InChI is InChI=1S/C14H22N2O3/c1-9(5-6-17)15-12-8-10(13(18)19)7-11(16-12)14(2,3)4/h7-9,17H,5-6H2,1-4H3,(H,15,16)(H,18,19). The molecule has 0 aliphatic heterocycles. The number of carbonyl (C=O) groups is 1. The van der Waals surface area contributed by atoms with Crippen molar-refractivity contribution in [1.82, 2.24) is 4.98 Å². The summed E-state index contributed by atoms with van der Waals surface area (Å²) in [5.41, 5.74) is 0.729. The normalized spacial score (nSPS) is 13.1. The number of hydrogen-bond acceptors (Lipinski definition) is 4. The highest BCUT2D eigenvalue weighted by Crippen LogP contribution is 2.23. The van der Waals surface area contributed by atoms with Crippen LogP contribution in [-0.4, -0.2) is 33.8 Å². The molecule has 19 heavy (non-hydrogen) atoms. The Kier molecular flexibility index (Phi) is 4.89. The van der Waals surface area contributed by atoms with E-state index in [0.29, 0.717) is 12.2 Å². The number of rotatable bonds is 5. The molecule has 0 aromatic carbocycles. The number of aliphatic hydroxyl groups is 1. The van der Waals surface area contributed by atoms with Crippen LogP contribution in [0.25, 0.3) is 0 Å². The number of anilines is 1. The quantitative estimate of drug-likeness (QED) is 0.761. The van der Waals surface area contributed by atoms with Crippen molar-refractivity contribution in [2.75, 3.05) is 11.9 Å². The van der Waals surface area contributed by atoms with Gasteiger partial charge in [0.05, 0.1) is 5.56 Å². The molecule has 1 rings (SSSR count). The third kappa shape index (κ3) is 4.52. The Bertz CT molecular complexity index is 452. The highest BCUT2D eigenvalue weighted by atomic mass is 16.4. The Morgan fingerprint density at radius 1 is 1.42 bits per heavy atom. The Balaban J connectivity index is 3.10. The van der Waals surface area contributed by atoms with E-state index in [-0.39, 0.29) is 23.6 Å². The summed E-state index contributed by atoms with van der Waals surface area (Å²) in [6, 6.07) is 3.16. The summed E-state index contributed by atoms with van der Waals surface area (Å²) < 4.78 is 0. The molecule has 0 aliphatic carbocycles. The van der Waals surface area contributed by atoms with Crippen LogP contribution in [0.2, 0.25) is 0 Å². The van der Waals surface area contributed by atoms with Crippen LogP contribution in [-0.2, 0) is 5.41 Å². The van der Waals surface area contributed by atoms with Gasteiger partial charge in [-0.25, -0.2) is 9.78 Å². The van der Waals surface area contributed by atoms with E-state index < -0.39 is 5.97 Å². The molecule has 1 unspecified atom stereocenters. The van der Waals surface area contributed by atoms with Gasteiger partial charge >= 0.3 is 5.97 Å². The van der Waals surface area contributed by atoms with E-state index in [1.807, 2.05) is 27.7 Å². The van der Waals surface area contributed by atoms with Gasteiger partial charge in [-0.15, -0.1) is 0 Å². The van der Waals surface area contributed by atoms with E-state index in [0.717, 1.165) is 5.69 Å². The number of nitrogens with zero attached hydrogens (tertiary/aromatic N) is 1. The maximum atomic E-state index is 11.1. The molecule has 0 bridgehead atoms. The fraction of sp³-hybridized carbons (Fsp3) is 0.571. The van der Waals surface area contributed by atoms with Crippen LogP contribution in [0.1, 0.15) is 50.2 Å². The van der Waals surface area contributed by atoms with Gasteiger partial charge in [-0.2, -0.15) is 0 Å². The molecule has 0 saturated carbocycles. The summed E-state index contributed by atoms with van der Waals surface area (Å²) >= 11 is 0. The molecule has 0 aliphatic rings. The average Bonchev–Trinajstić information content (AvgIpc) is 2.27. The van der Waals surface area contributed by atoms with Crippen LogP contribution in [0, 0.1) is 0 Å². The minimum atomic E-state index is -0.967. The molecule has 1 aromatic heterocycles. The van der Waals surface area contributed by atoms with Gasteiger partial charge in [-0.05, 0) is 25.5 Å². The first-order chi connectivity index (χ1) is 8.74. The number of pyridine rings is 1. The van der Waals surface area contributed by atoms with Gasteiger partial charge in [-0.1, -0.05) is 20.8 Å². The molecule has 0 fully saturated rings. The third-order valence-corrected chi connectivity index (χ3v) is 2.80. The Hall–Kier alpha value is -1.62. The molecule has 0 spiro atoms. The van der Waals surface area contributed by atoms with Crippen molar-refractivity contribution >= 4 is 11.8 Å². The summed E-state index contributed by atoms with van der Waals surface area (Å²) in [5, 5.41) is 21.1. The molecular weight excluding hydrogens is 244 g/mol. The monoisotopic (exact) mass is 266 g/mol. The fourth-order valence-corrected chi connectivity index (χ4v) is 1.63. The Labute approximate surface area is 113 Å². The number of carboxylic acid groups (broad SMARTS) is 1. The topological polar surface area (TPSA) is 82.5 Å². The summed E-state index contributed by atoms with van der Waals surface area (Å²) in [6.07, 6.45) is 0.587. The highest BCUT2D eigenvalue weighted by molar-refractivity contribution is 5.88. The van der Waals surface area contributed by atoms with Crippen LogP contribution < -0.4 is 5.32 Å². The molecule has 0 radical (unpaired) electrons. The van der Waals surface area contributed by atoms with Crippen LogP contribution in [0.4, 0.5) is 5.82 Å². The Morgan fingerprint density at radius 3 is 2.53 bits per heavy atom. The van der Waals surface area contributed by atoms with Crippen LogP contribution in [0.5, 0.6) is 0 Å². The second-order valence-corrected chi connectivity index (χ2v) is 5.74. The van der Waals surface area contributed by atoms with E-state index in [4.69, 9.17) is 10.2 Å². The summed E-state index contributed by atoms with van der Waals surface area (Å²) in [5.74, 6) is -0.434. The van der Waals surface area contributed by atoms with Crippen LogP contribution in [0.15, 0.2) is 12.1 Å². The minimum absolute atomic E-state index is 0.0364. The van der Waals surface area contributed by atoms with E-state index in [1.165, 1.54) is 6.07 Å². The van der Waals surface area contributed by atoms with E-state index in [2.05, 4.69) is 10.3 Å². The maximum absolute atomic E-state index is 11.1. The van der Waals surface area contributed by atoms with E-state index in [1.54, 1.807) is 6.07 Å². The molecule has 0 amide bonds. The number of aromatic carboxylic acids is 1. The van der Waals surface area contributed by atoms with E-state index >= 15 is 0 Å². The second-order valence-electron chi connectivity index (χ2n) is 5.74. The molecule has 5 nitrogen and oxygen atoms in total. The first-order valence-electron chi connectivity index (χ1n) is 6.37. The zero-order valence-corrected chi connectivity index (χ0v) is 11.9. The molecule has 106 valence electrons. The van der Waals surface area contributed by atoms with Crippen molar-refractivity contribution in [1.29, 1.82) is 0 Å². The van der Waals surface area contributed by atoms with Crippen molar-refractivity contribution in [2.24, 2.45) is 0 Å². The number of hydrogen-bond donors (Lipinski definition) is 3. The summed E-state index contributed by atoms with van der Waals surface area (Å²) in [4.78, 5) is 15.6. The average molecular weight is 266 g/mol. The van der Waals surface area contributed by atoms with Gasteiger partial charge in [-0.3, -0.25) is 0 Å². The van der Waals surface area contributed by atoms with E-state index in [9.17, 15) is 4.79 Å². The van der Waals surface area contributed by atoms with Crippen molar-refractivity contribution in [3.05, 3.63) is 23.4 Å². The summed E-state index contributed by atoms with van der Waals surface area (Å²) in [6.45, 7) is 7.96. The smallest absolute Gasteiger partial charge is 0.335 e. The lowest BCUT2D eigenvalue weighted by atomic mass is 9.90. The van der Waals surface area contributed by atoms with Gasteiger partial charge < -0.3 is 15.5 Å². The van der Waals surface area contributed by atoms with Crippen LogP contribution in [0.3, 0.4) is 0 Å². The lowest BCUT2D eigenvalue weighted by Crippen LogP contribution is -2.21. The molecule has 1 aromatic rings. The van der Waals surface area contributed by atoms with Gasteiger partial charge in [0.25, 0.3) is 0 Å². The number of aromatic nitrogens is 1. The van der Waals surface area contributed by atoms with Crippen molar-refractivity contribution in [3.63, 3.8) is 0 Å². The summed E-state index contributed by atoms with van der Waals surface area (Å²) in [7, 11) is 0. The van der Waals surface area contributed by atoms with Gasteiger partial charge in [0.15, 0.2) is 0 Å². The number of aliphatic hydroxyl groups excluding tert-OH is 1. The maximum Gasteiger partial charge on any atom is 0.335 e. The number of nitrogens with one attached hydrogen (secondary N) is 1. The highest BCUT2D eigenvalue weighted by Gasteiger charge is 2.19. The zero-order chi connectivity index (χ0) is 14.6. The number of carboxylic acids is 1. The lowest BCUT2D eigenvalue weighted by molar-refractivity contribution is 0.0696. The van der Waals surface area contributed by atoms with Crippen LogP contribution >= 0.6 is 0 Å². The molecule has 5 heteroatoms. The van der Waals surface area contributed by atoms with Gasteiger partial charge in [0.2, 0.25) is 0 Å². The zero-order valence-electron chi connectivity index (χ0n) is 11.9. The molecule has 1 heterocycles. The molecule has 1 atom stereocenters. The lowest BCUT2D eigenvalue weighted by Gasteiger charge is -2.21. The Morgan fingerprint density at radius 2 is 2.05 bits per heavy atom. The fourth-order valence-electron chi connectivity index (χ4n) is 1.63.